The number of nitriles is 1. The molecule has 1 rings (SSSR count). The molecule has 0 aromatic carbocycles. The molecule has 2 nitrogen and oxygen atoms in total. The van der Waals surface area contributed by atoms with E-state index in [1.165, 1.54) is 45.1 Å². The lowest BCUT2D eigenvalue weighted by atomic mass is 9.97. The lowest BCUT2D eigenvalue weighted by Crippen LogP contribution is -2.44. The number of rotatable bonds is 6. The molecule has 0 saturated carbocycles. The Balaban J connectivity index is 2.09. The lowest BCUT2D eigenvalue weighted by molar-refractivity contribution is 0.101. The van der Waals surface area contributed by atoms with Gasteiger partial charge in [0.15, 0.2) is 0 Å². The van der Waals surface area contributed by atoms with E-state index in [1.807, 2.05) is 0 Å². The summed E-state index contributed by atoms with van der Waals surface area (Å²) in [5.41, 5.74) is 0. The van der Waals surface area contributed by atoms with Gasteiger partial charge in [0.2, 0.25) is 0 Å². The Labute approximate surface area is 101 Å². The van der Waals surface area contributed by atoms with Gasteiger partial charge in [0.05, 0.1) is 6.07 Å². The van der Waals surface area contributed by atoms with Gasteiger partial charge in [-0.2, -0.15) is 5.26 Å². The van der Waals surface area contributed by atoms with E-state index in [4.69, 9.17) is 5.26 Å². The molecule has 0 amide bonds. The SMILES string of the molecule is C[C@H]1CCC[C@H](C)N1CCCCCCC#N. The molecule has 16 heavy (non-hydrogen) atoms. The summed E-state index contributed by atoms with van der Waals surface area (Å²) in [7, 11) is 0. The van der Waals surface area contributed by atoms with E-state index < -0.39 is 0 Å². The molecule has 2 atom stereocenters. The van der Waals surface area contributed by atoms with Gasteiger partial charge in [-0.05, 0) is 46.1 Å². The van der Waals surface area contributed by atoms with Crippen LogP contribution in [-0.2, 0) is 0 Å². The summed E-state index contributed by atoms with van der Waals surface area (Å²) in [6, 6.07) is 3.77. The molecule has 1 aliphatic heterocycles. The highest BCUT2D eigenvalue weighted by Crippen LogP contribution is 2.22. The molecule has 1 heterocycles. The van der Waals surface area contributed by atoms with Gasteiger partial charge in [-0.15, -0.1) is 0 Å². The summed E-state index contributed by atoms with van der Waals surface area (Å²) in [4.78, 5) is 2.67. The second-order valence-corrected chi connectivity index (χ2v) is 5.19. The molecular formula is C14H26N2. The molecule has 0 bridgehead atoms. The third-order valence-corrected chi connectivity index (χ3v) is 3.83. The molecule has 0 spiro atoms. The first-order chi connectivity index (χ1) is 7.75. The fraction of sp³-hybridized carbons (Fsp3) is 0.929. The Morgan fingerprint density at radius 1 is 1.06 bits per heavy atom. The van der Waals surface area contributed by atoms with Crippen LogP contribution in [0.5, 0.6) is 0 Å². The minimum atomic E-state index is 0.733. The maximum Gasteiger partial charge on any atom is 0.0621 e. The van der Waals surface area contributed by atoms with Gasteiger partial charge in [-0.3, -0.25) is 4.90 Å². The molecule has 2 heteroatoms. The third kappa shape index (κ3) is 4.53. The van der Waals surface area contributed by atoms with Crippen molar-refractivity contribution >= 4 is 0 Å². The monoisotopic (exact) mass is 222 g/mol. The molecule has 0 aromatic rings. The molecule has 92 valence electrons. The van der Waals surface area contributed by atoms with Gasteiger partial charge in [0, 0.05) is 18.5 Å². The van der Waals surface area contributed by atoms with Crippen molar-refractivity contribution in [2.45, 2.75) is 77.3 Å². The van der Waals surface area contributed by atoms with Crippen LogP contribution < -0.4 is 0 Å². The summed E-state index contributed by atoms with van der Waals surface area (Å²) >= 11 is 0. The van der Waals surface area contributed by atoms with Crippen molar-refractivity contribution in [1.82, 2.24) is 4.90 Å². The first-order valence-corrected chi connectivity index (χ1v) is 6.88. The summed E-state index contributed by atoms with van der Waals surface area (Å²) in [6.07, 6.45) is 9.79. The second-order valence-electron chi connectivity index (χ2n) is 5.19. The molecule has 1 fully saturated rings. The predicted octanol–water partition coefficient (Wildman–Crippen LogP) is 3.72. The zero-order valence-corrected chi connectivity index (χ0v) is 10.9. The zero-order valence-electron chi connectivity index (χ0n) is 10.9. The number of hydrogen-bond donors (Lipinski definition) is 0. The van der Waals surface area contributed by atoms with Crippen LogP contribution >= 0.6 is 0 Å². The normalized spacial score (nSPS) is 26.6. The van der Waals surface area contributed by atoms with Crippen molar-refractivity contribution in [2.24, 2.45) is 0 Å². The zero-order chi connectivity index (χ0) is 11.8. The predicted molar refractivity (Wildman–Crippen MR) is 68.2 cm³/mol. The minimum absolute atomic E-state index is 0.733. The van der Waals surface area contributed by atoms with Crippen LogP contribution in [-0.4, -0.2) is 23.5 Å². The Morgan fingerprint density at radius 3 is 2.31 bits per heavy atom. The third-order valence-electron chi connectivity index (χ3n) is 3.83. The number of piperidine rings is 1. The molecule has 0 aromatic heterocycles. The maximum absolute atomic E-state index is 8.44. The van der Waals surface area contributed by atoms with Crippen molar-refractivity contribution in [3.63, 3.8) is 0 Å². The van der Waals surface area contributed by atoms with Gasteiger partial charge in [0.25, 0.3) is 0 Å². The summed E-state index contributed by atoms with van der Waals surface area (Å²) in [5, 5.41) is 8.44. The summed E-state index contributed by atoms with van der Waals surface area (Å²) < 4.78 is 0. The van der Waals surface area contributed by atoms with Crippen molar-refractivity contribution in [3.8, 4) is 6.07 Å². The Kier molecular flexibility index (Phi) is 6.49. The molecule has 0 radical (unpaired) electrons. The Bertz CT molecular complexity index is 209. The Morgan fingerprint density at radius 2 is 1.69 bits per heavy atom. The highest BCUT2D eigenvalue weighted by molar-refractivity contribution is 4.79. The fourth-order valence-electron chi connectivity index (χ4n) is 2.77. The van der Waals surface area contributed by atoms with Crippen LogP contribution in [0.25, 0.3) is 0 Å². The van der Waals surface area contributed by atoms with Crippen molar-refractivity contribution in [3.05, 3.63) is 0 Å². The van der Waals surface area contributed by atoms with Crippen LogP contribution in [0.1, 0.15) is 65.2 Å². The van der Waals surface area contributed by atoms with E-state index in [9.17, 15) is 0 Å². The minimum Gasteiger partial charge on any atom is -0.298 e. The Hall–Kier alpha value is -0.550. The quantitative estimate of drug-likeness (QED) is 0.640. The first-order valence-electron chi connectivity index (χ1n) is 6.88. The highest BCUT2D eigenvalue weighted by atomic mass is 15.2. The van der Waals surface area contributed by atoms with E-state index in [2.05, 4.69) is 24.8 Å². The van der Waals surface area contributed by atoms with E-state index in [-0.39, 0.29) is 0 Å². The number of nitrogens with zero attached hydrogens (tertiary/aromatic N) is 2. The van der Waals surface area contributed by atoms with Crippen LogP contribution in [0, 0.1) is 11.3 Å². The number of unbranched alkanes of at least 4 members (excludes halogenated alkanes) is 4. The van der Waals surface area contributed by atoms with E-state index >= 15 is 0 Å². The summed E-state index contributed by atoms with van der Waals surface area (Å²) in [5.74, 6) is 0. The lowest BCUT2D eigenvalue weighted by Gasteiger charge is -2.39. The highest BCUT2D eigenvalue weighted by Gasteiger charge is 2.23. The summed E-state index contributed by atoms with van der Waals surface area (Å²) in [6.45, 7) is 5.99. The van der Waals surface area contributed by atoms with Gasteiger partial charge in [-0.1, -0.05) is 19.3 Å². The molecule has 0 unspecified atom stereocenters. The molecular weight excluding hydrogens is 196 g/mol. The van der Waals surface area contributed by atoms with E-state index in [1.54, 1.807) is 0 Å². The first kappa shape index (κ1) is 13.5. The van der Waals surface area contributed by atoms with E-state index in [0.29, 0.717) is 0 Å². The maximum atomic E-state index is 8.44. The molecule has 1 aliphatic rings. The van der Waals surface area contributed by atoms with Crippen molar-refractivity contribution in [2.75, 3.05) is 6.54 Å². The van der Waals surface area contributed by atoms with Crippen LogP contribution in [0.3, 0.4) is 0 Å². The number of likely N-dealkylation sites (tertiary alicyclic amines) is 1. The van der Waals surface area contributed by atoms with Gasteiger partial charge >= 0.3 is 0 Å². The average Bonchev–Trinajstić information content (AvgIpc) is 2.26. The van der Waals surface area contributed by atoms with Crippen LogP contribution in [0.4, 0.5) is 0 Å². The van der Waals surface area contributed by atoms with Crippen molar-refractivity contribution < 1.29 is 0 Å². The average molecular weight is 222 g/mol. The molecule has 0 aliphatic carbocycles. The van der Waals surface area contributed by atoms with Gasteiger partial charge < -0.3 is 0 Å². The fourth-order valence-corrected chi connectivity index (χ4v) is 2.77. The van der Waals surface area contributed by atoms with Gasteiger partial charge in [0.1, 0.15) is 0 Å². The van der Waals surface area contributed by atoms with Crippen LogP contribution in [0.2, 0.25) is 0 Å². The van der Waals surface area contributed by atoms with Gasteiger partial charge in [-0.25, -0.2) is 0 Å². The number of hydrogen-bond acceptors (Lipinski definition) is 2. The van der Waals surface area contributed by atoms with Crippen molar-refractivity contribution in [1.29, 1.82) is 5.26 Å². The smallest absolute Gasteiger partial charge is 0.0621 e. The second kappa shape index (κ2) is 7.68. The topological polar surface area (TPSA) is 27.0 Å². The largest absolute Gasteiger partial charge is 0.298 e. The van der Waals surface area contributed by atoms with E-state index in [0.717, 1.165) is 24.9 Å². The molecule has 1 saturated heterocycles. The molecule has 0 N–H and O–H groups in total. The van der Waals surface area contributed by atoms with Crippen LogP contribution in [0.15, 0.2) is 0 Å². The standard InChI is InChI=1S/C14H26N2/c1-13-9-8-10-14(2)16(13)12-7-5-3-4-6-11-15/h13-14H,3-10,12H2,1-2H3/t13-,14-/m0/s1.